The molecule has 46 heavy (non-hydrogen) atoms. The first-order valence-electron chi connectivity index (χ1n) is 15.0. The minimum absolute atomic E-state index is 0.0618. The number of aromatic nitrogens is 1. The van der Waals surface area contributed by atoms with Crippen molar-refractivity contribution in [2.75, 3.05) is 26.8 Å². The van der Waals surface area contributed by atoms with Crippen LogP contribution in [0, 0.1) is 5.82 Å². The second kappa shape index (κ2) is 13.7. The van der Waals surface area contributed by atoms with Crippen LogP contribution in [0.4, 0.5) is 4.39 Å². The topological polar surface area (TPSA) is 119 Å². The smallest absolute Gasteiger partial charge is 0.258 e. The van der Waals surface area contributed by atoms with Crippen LogP contribution in [-0.4, -0.2) is 66.6 Å². The van der Waals surface area contributed by atoms with E-state index < -0.39 is 23.9 Å². The van der Waals surface area contributed by atoms with Crippen LogP contribution in [0.25, 0.3) is 11.1 Å². The summed E-state index contributed by atoms with van der Waals surface area (Å²) < 4.78 is 31.9. The predicted molar refractivity (Wildman–Crippen MR) is 167 cm³/mol. The number of amides is 3. The standard InChI is InChI=1S/C35H33FN4O6/c1-44-28-7-5-22(6-8-28)13-34(42)40-10-9-32-31(20-40)39-35(43)26-14-25(18-37-19-26)24-3-2-4-29(15-24)45-21-33(41)38-17-23-11-27(36)16-30(12-23)46-32/h2-8,11-12,14-16,18-19,31-32H,9-10,13,17,20-21H2,1H3,(H,38,41)(H,39,43)/t31-,32+/m1/s1. The molecule has 3 amide bonds. The van der Waals surface area contributed by atoms with Gasteiger partial charge in [0.2, 0.25) is 5.91 Å². The highest BCUT2D eigenvalue weighted by Crippen LogP contribution is 2.26. The number of ether oxygens (including phenoxy) is 3. The Bertz CT molecular complexity index is 1750. The number of halogens is 1. The van der Waals surface area contributed by atoms with Gasteiger partial charge in [-0.15, -0.1) is 0 Å². The summed E-state index contributed by atoms with van der Waals surface area (Å²) in [4.78, 5) is 45.5. The number of carbonyl (C=O) groups is 3. The molecule has 0 aliphatic carbocycles. The average molecular weight is 625 g/mol. The molecule has 0 saturated carbocycles. The van der Waals surface area contributed by atoms with Crippen molar-refractivity contribution in [3.63, 3.8) is 0 Å². The summed E-state index contributed by atoms with van der Waals surface area (Å²) in [6.45, 7) is 0.403. The van der Waals surface area contributed by atoms with Crippen LogP contribution >= 0.6 is 0 Å². The van der Waals surface area contributed by atoms with E-state index >= 15 is 0 Å². The molecule has 6 bridgehead atoms. The van der Waals surface area contributed by atoms with Crippen molar-refractivity contribution in [2.24, 2.45) is 0 Å². The normalized spacial score (nSPS) is 18.3. The molecule has 6 rings (SSSR count). The van der Waals surface area contributed by atoms with Gasteiger partial charge in [-0.2, -0.15) is 0 Å². The van der Waals surface area contributed by atoms with E-state index in [0.717, 1.165) is 11.1 Å². The fourth-order valence-electron chi connectivity index (χ4n) is 5.57. The molecule has 0 unspecified atom stereocenters. The first-order valence-corrected chi connectivity index (χ1v) is 15.0. The van der Waals surface area contributed by atoms with Crippen LogP contribution in [0.1, 0.15) is 27.9 Å². The zero-order chi connectivity index (χ0) is 32.0. The molecule has 4 aromatic rings. The molecule has 1 aromatic heterocycles. The maximum atomic E-state index is 14.7. The number of hydrogen-bond acceptors (Lipinski definition) is 7. The number of rotatable bonds is 3. The summed E-state index contributed by atoms with van der Waals surface area (Å²) in [5.74, 6) is 0.0238. The number of piperidine rings is 1. The molecule has 3 aromatic carbocycles. The fraction of sp³-hybridized carbons (Fsp3) is 0.257. The van der Waals surface area contributed by atoms with E-state index in [2.05, 4.69) is 15.6 Å². The van der Waals surface area contributed by atoms with Crippen molar-refractivity contribution < 1.29 is 33.0 Å². The Balaban J connectivity index is 1.29. The van der Waals surface area contributed by atoms with Crippen molar-refractivity contribution >= 4 is 17.7 Å². The molecule has 2 aliphatic heterocycles. The Labute approximate surface area is 265 Å². The molecule has 0 spiro atoms. The number of pyridine rings is 1. The minimum atomic E-state index is -0.616. The van der Waals surface area contributed by atoms with Gasteiger partial charge in [-0.25, -0.2) is 4.39 Å². The summed E-state index contributed by atoms with van der Waals surface area (Å²) in [5, 5.41) is 5.80. The van der Waals surface area contributed by atoms with Gasteiger partial charge in [0.15, 0.2) is 6.61 Å². The van der Waals surface area contributed by atoms with Crippen molar-refractivity contribution in [1.29, 1.82) is 0 Å². The van der Waals surface area contributed by atoms with Gasteiger partial charge in [0.05, 0.1) is 25.1 Å². The number of likely N-dealkylation sites (tertiary alicyclic amines) is 1. The minimum Gasteiger partial charge on any atom is -0.497 e. The molecule has 2 aliphatic rings. The zero-order valence-electron chi connectivity index (χ0n) is 25.2. The van der Waals surface area contributed by atoms with Crippen LogP contribution < -0.4 is 24.8 Å². The third kappa shape index (κ3) is 7.43. The molecular formula is C35H33FN4O6. The van der Waals surface area contributed by atoms with E-state index in [1.807, 2.05) is 18.2 Å². The summed E-state index contributed by atoms with van der Waals surface area (Å²) >= 11 is 0. The largest absolute Gasteiger partial charge is 0.497 e. The Morgan fingerprint density at radius 1 is 1.00 bits per heavy atom. The highest BCUT2D eigenvalue weighted by Gasteiger charge is 2.34. The highest BCUT2D eigenvalue weighted by molar-refractivity contribution is 5.95. The Hall–Kier alpha value is -5.45. The third-order valence-corrected chi connectivity index (χ3v) is 7.98. The van der Waals surface area contributed by atoms with Crippen molar-refractivity contribution in [2.45, 2.75) is 31.5 Å². The van der Waals surface area contributed by atoms with Crippen LogP contribution in [0.15, 0.2) is 85.2 Å². The Morgan fingerprint density at radius 3 is 2.65 bits per heavy atom. The van der Waals surface area contributed by atoms with Crippen LogP contribution in [-0.2, 0) is 22.6 Å². The van der Waals surface area contributed by atoms with E-state index in [0.29, 0.717) is 41.2 Å². The molecule has 2 atom stereocenters. The monoisotopic (exact) mass is 624 g/mol. The summed E-state index contributed by atoms with van der Waals surface area (Å²) in [6.07, 6.45) is 3.12. The lowest BCUT2D eigenvalue weighted by atomic mass is 9.99. The Morgan fingerprint density at radius 2 is 1.83 bits per heavy atom. The third-order valence-electron chi connectivity index (χ3n) is 7.98. The number of carbonyl (C=O) groups excluding carboxylic acids is 3. The Kier molecular flexibility index (Phi) is 9.09. The van der Waals surface area contributed by atoms with Crippen molar-refractivity contribution in [1.82, 2.24) is 20.5 Å². The highest BCUT2D eigenvalue weighted by atomic mass is 19.1. The summed E-state index contributed by atoms with van der Waals surface area (Å²) in [7, 11) is 1.58. The maximum Gasteiger partial charge on any atom is 0.258 e. The van der Waals surface area contributed by atoms with Gasteiger partial charge in [0, 0.05) is 50.1 Å². The van der Waals surface area contributed by atoms with Gasteiger partial charge in [-0.1, -0.05) is 24.3 Å². The SMILES string of the molecule is COc1ccc(CC(=O)N2CC[C@@H]3Oc4cc(F)cc(c4)CNC(=O)COc4cccc(c4)-c4cncc(c4)C(=O)N[C@@H]3C2)cc1. The quantitative estimate of drug-likeness (QED) is 0.355. The molecule has 11 heteroatoms. The van der Waals surface area contributed by atoms with Crippen LogP contribution in [0.3, 0.4) is 0 Å². The second-order valence-corrected chi connectivity index (χ2v) is 11.2. The maximum absolute atomic E-state index is 14.7. The number of nitrogens with zero attached hydrogens (tertiary/aromatic N) is 2. The van der Waals surface area contributed by atoms with Gasteiger partial charge in [-0.05, 0) is 59.2 Å². The molecular weight excluding hydrogens is 591 g/mol. The van der Waals surface area contributed by atoms with Gasteiger partial charge in [0.1, 0.15) is 29.2 Å². The van der Waals surface area contributed by atoms with E-state index in [9.17, 15) is 18.8 Å². The number of hydrogen-bond donors (Lipinski definition) is 2. The van der Waals surface area contributed by atoms with Gasteiger partial charge < -0.3 is 29.7 Å². The van der Waals surface area contributed by atoms with E-state index in [1.54, 1.807) is 60.7 Å². The van der Waals surface area contributed by atoms with Gasteiger partial charge in [-0.3, -0.25) is 19.4 Å². The fourth-order valence-corrected chi connectivity index (χ4v) is 5.57. The van der Waals surface area contributed by atoms with Gasteiger partial charge >= 0.3 is 0 Å². The van der Waals surface area contributed by atoms with E-state index in [1.165, 1.54) is 18.3 Å². The lowest BCUT2D eigenvalue weighted by Crippen LogP contribution is -2.58. The van der Waals surface area contributed by atoms with Crippen molar-refractivity contribution in [3.05, 3.63) is 108 Å². The average Bonchev–Trinajstić information content (AvgIpc) is 3.07. The molecule has 1 saturated heterocycles. The lowest BCUT2D eigenvalue weighted by Gasteiger charge is -2.39. The van der Waals surface area contributed by atoms with E-state index in [4.69, 9.17) is 14.2 Å². The molecule has 0 radical (unpaired) electrons. The first kappa shape index (κ1) is 30.6. The number of benzene rings is 3. The molecule has 3 heterocycles. The number of nitrogens with one attached hydrogen (secondary N) is 2. The number of methoxy groups -OCH3 is 1. The summed E-state index contributed by atoms with van der Waals surface area (Å²) in [5.41, 5.74) is 3.08. The lowest BCUT2D eigenvalue weighted by molar-refractivity contribution is -0.133. The summed E-state index contributed by atoms with van der Waals surface area (Å²) in [6, 6.07) is 19.8. The number of fused-ring (bicyclic) bond motifs is 8. The van der Waals surface area contributed by atoms with Crippen LogP contribution in [0.5, 0.6) is 17.2 Å². The predicted octanol–water partition coefficient (Wildman–Crippen LogP) is 3.93. The first-order chi connectivity index (χ1) is 22.3. The molecule has 1 fully saturated rings. The molecule has 2 N–H and O–H groups in total. The molecule has 10 nitrogen and oxygen atoms in total. The molecule has 236 valence electrons. The zero-order valence-corrected chi connectivity index (χ0v) is 25.2. The van der Waals surface area contributed by atoms with Gasteiger partial charge in [0.25, 0.3) is 11.8 Å². The second-order valence-electron chi connectivity index (χ2n) is 11.2. The van der Waals surface area contributed by atoms with Crippen molar-refractivity contribution in [3.8, 4) is 28.4 Å². The van der Waals surface area contributed by atoms with E-state index in [-0.39, 0.29) is 43.7 Å². The van der Waals surface area contributed by atoms with Crippen LogP contribution in [0.2, 0.25) is 0 Å².